The first-order valence-electron chi connectivity index (χ1n) is 6.36. The van der Waals surface area contributed by atoms with E-state index in [9.17, 15) is 4.79 Å². The summed E-state index contributed by atoms with van der Waals surface area (Å²) in [7, 11) is 0. The second-order valence-corrected chi connectivity index (χ2v) is 4.85. The zero-order chi connectivity index (χ0) is 11.7. The molecule has 0 saturated heterocycles. The Morgan fingerprint density at radius 2 is 2.47 bits per heavy atom. The average molecular weight is 234 g/mol. The van der Waals surface area contributed by atoms with Crippen molar-refractivity contribution in [1.29, 1.82) is 0 Å². The lowest BCUT2D eigenvalue weighted by atomic mass is 10.2. The van der Waals surface area contributed by atoms with Gasteiger partial charge in [0.2, 0.25) is 5.91 Å². The summed E-state index contributed by atoms with van der Waals surface area (Å²) in [5.41, 5.74) is 2.43. The van der Waals surface area contributed by atoms with Crippen LogP contribution in [0.15, 0.2) is 6.33 Å². The molecule has 92 valence electrons. The van der Waals surface area contributed by atoms with Crippen molar-refractivity contribution in [3.8, 4) is 0 Å². The molecule has 0 bridgehead atoms. The van der Waals surface area contributed by atoms with Crippen LogP contribution in [0.3, 0.4) is 0 Å². The van der Waals surface area contributed by atoms with E-state index in [-0.39, 0.29) is 5.91 Å². The third-order valence-electron chi connectivity index (χ3n) is 3.39. The van der Waals surface area contributed by atoms with Crippen molar-refractivity contribution in [2.45, 2.75) is 44.8 Å². The highest BCUT2D eigenvalue weighted by atomic mass is 16.1. The molecular formula is C12H18N4O. The number of nitrogens with one attached hydrogen (secondary N) is 2. The highest BCUT2D eigenvalue weighted by Crippen LogP contribution is 2.19. The van der Waals surface area contributed by atoms with Gasteiger partial charge in [0.1, 0.15) is 0 Å². The molecule has 2 heterocycles. The van der Waals surface area contributed by atoms with Crippen molar-refractivity contribution in [2.75, 3.05) is 6.54 Å². The van der Waals surface area contributed by atoms with Gasteiger partial charge in [-0.3, -0.25) is 4.79 Å². The molecule has 0 radical (unpaired) electrons. The zero-order valence-electron chi connectivity index (χ0n) is 9.91. The van der Waals surface area contributed by atoms with Gasteiger partial charge in [-0.25, -0.2) is 4.98 Å². The number of fused-ring (bicyclic) bond motifs is 1. The van der Waals surface area contributed by atoms with E-state index in [4.69, 9.17) is 0 Å². The van der Waals surface area contributed by atoms with Gasteiger partial charge in [0.25, 0.3) is 0 Å². The van der Waals surface area contributed by atoms with E-state index in [0.29, 0.717) is 12.5 Å². The summed E-state index contributed by atoms with van der Waals surface area (Å²) in [6, 6.07) is 0.461. The van der Waals surface area contributed by atoms with Gasteiger partial charge in [0.05, 0.1) is 12.0 Å². The molecule has 1 aliphatic heterocycles. The van der Waals surface area contributed by atoms with Crippen molar-refractivity contribution in [1.82, 2.24) is 20.2 Å². The van der Waals surface area contributed by atoms with Crippen molar-refractivity contribution >= 4 is 5.91 Å². The predicted octanol–water partition coefficient (Wildman–Crippen LogP) is 0.198. The molecule has 5 heteroatoms. The molecule has 1 fully saturated rings. The fourth-order valence-corrected chi connectivity index (χ4v) is 2.24. The Hall–Kier alpha value is -1.36. The van der Waals surface area contributed by atoms with Crippen LogP contribution < -0.4 is 10.6 Å². The first-order chi connectivity index (χ1) is 8.33. The molecule has 1 aliphatic carbocycles. The van der Waals surface area contributed by atoms with E-state index in [0.717, 1.165) is 44.6 Å². The number of hydrogen-bond acceptors (Lipinski definition) is 3. The second-order valence-electron chi connectivity index (χ2n) is 4.85. The van der Waals surface area contributed by atoms with E-state index >= 15 is 0 Å². The largest absolute Gasteiger partial charge is 0.353 e. The van der Waals surface area contributed by atoms with Crippen molar-refractivity contribution < 1.29 is 4.79 Å². The number of carbonyl (C=O) groups excluding carboxylic acids is 1. The third kappa shape index (κ3) is 2.49. The van der Waals surface area contributed by atoms with E-state index < -0.39 is 0 Å². The minimum Gasteiger partial charge on any atom is -0.353 e. The van der Waals surface area contributed by atoms with Crippen LogP contribution in [-0.4, -0.2) is 28.0 Å². The Kier molecular flexibility index (Phi) is 2.84. The van der Waals surface area contributed by atoms with Gasteiger partial charge in [-0.05, 0) is 12.8 Å². The Labute approximate surface area is 101 Å². The van der Waals surface area contributed by atoms with Crippen LogP contribution in [0.1, 0.15) is 30.7 Å². The monoisotopic (exact) mass is 234 g/mol. The lowest BCUT2D eigenvalue weighted by molar-refractivity contribution is -0.121. The molecule has 1 amide bonds. The maximum atomic E-state index is 11.6. The van der Waals surface area contributed by atoms with Gasteiger partial charge in [-0.2, -0.15) is 0 Å². The second kappa shape index (κ2) is 4.49. The lowest BCUT2D eigenvalue weighted by Crippen LogP contribution is -2.27. The minimum atomic E-state index is 0.170. The number of carbonyl (C=O) groups is 1. The molecule has 0 atom stereocenters. The number of nitrogens with zero attached hydrogens (tertiary/aromatic N) is 2. The minimum absolute atomic E-state index is 0.170. The highest BCUT2D eigenvalue weighted by molar-refractivity contribution is 5.76. The van der Waals surface area contributed by atoms with Gasteiger partial charge >= 0.3 is 0 Å². The first kappa shape index (κ1) is 10.8. The van der Waals surface area contributed by atoms with Gasteiger partial charge < -0.3 is 15.2 Å². The quantitative estimate of drug-likeness (QED) is 0.782. The van der Waals surface area contributed by atoms with Crippen LogP contribution in [-0.2, 0) is 24.3 Å². The van der Waals surface area contributed by atoms with Crippen LogP contribution in [0.5, 0.6) is 0 Å². The number of aromatic nitrogens is 2. The topological polar surface area (TPSA) is 59.0 Å². The fourth-order valence-electron chi connectivity index (χ4n) is 2.24. The summed E-state index contributed by atoms with van der Waals surface area (Å²) in [6.45, 7) is 2.62. The standard InChI is InChI=1S/C12H18N4O/c17-12(15-9-1-2-9)4-6-16-8-14-10-7-13-5-3-11(10)16/h8-9,13H,1-7H2,(H,15,17). The summed E-state index contributed by atoms with van der Waals surface area (Å²) in [6.07, 6.45) is 5.74. The van der Waals surface area contributed by atoms with E-state index in [1.54, 1.807) is 0 Å². The predicted molar refractivity (Wildman–Crippen MR) is 63.4 cm³/mol. The Morgan fingerprint density at radius 1 is 1.59 bits per heavy atom. The van der Waals surface area contributed by atoms with Crippen molar-refractivity contribution in [2.24, 2.45) is 0 Å². The molecule has 2 aliphatic rings. The third-order valence-corrected chi connectivity index (χ3v) is 3.39. The number of hydrogen-bond donors (Lipinski definition) is 2. The molecule has 0 spiro atoms. The fraction of sp³-hybridized carbons (Fsp3) is 0.667. The smallest absolute Gasteiger partial charge is 0.222 e. The molecule has 1 aromatic heterocycles. The maximum absolute atomic E-state index is 11.6. The molecule has 2 N–H and O–H groups in total. The molecule has 3 rings (SSSR count). The number of aryl methyl sites for hydroxylation is 1. The normalized spacial score (nSPS) is 18.8. The molecule has 0 aromatic carbocycles. The maximum Gasteiger partial charge on any atom is 0.222 e. The molecular weight excluding hydrogens is 216 g/mol. The zero-order valence-corrected chi connectivity index (χ0v) is 9.91. The SMILES string of the molecule is O=C(CCn1cnc2c1CCNC2)NC1CC1. The van der Waals surface area contributed by atoms with Crippen molar-refractivity contribution in [3.05, 3.63) is 17.7 Å². The summed E-state index contributed by atoms with van der Waals surface area (Å²) < 4.78 is 2.13. The Bertz CT molecular complexity index is 422. The van der Waals surface area contributed by atoms with Crippen molar-refractivity contribution in [3.63, 3.8) is 0 Å². The lowest BCUT2D eigenvalue weighted by Gasteiger charge is -2.15. The van der Waals surface area contributed by atoms with Gasteiger partial charge in [0.15, 0.2) is 0 Å². The Balaban J connectivity index is 1.57. The summed E-state index contributed by atoms with van der Waals surface area (Å²) in [4.78, 5) is 16.0. The number of rotatable bonds is 4. The van der Waals surface area contributed by atoms with Gasteiger partial charge in [0, 0.05) is 44.2 Å². The van der Waals surface area contributed by atoms with Gasteiger partial charge in [-0.1, -0.05) is 0 Å². The summed E-state index contributed by atoms with van der Waals surface area (Å²) in [5, 5.41) is 6.31. The van der Waals surface area contributed by atoms with Gasteiger partial charge in [-0.15, -0.1) is 0 Å². The number of imidazole rings is 1. The van der Waals surface area contributed by atoms with Crippen LogP contribution >= 0.6 is 0 Å². The van der Waals surface area contributed by atoms with E-state index in [1.165, 1.54) is 5.69 Å². The summed E-state index contributed by atoms with van der Waals surface area (Å²) in [5.74, 6) is 0.170. The first-order valence-corrected chi connectivity index (χ1v) is 6.36. The molecule has 17 heavy (non-hydrogen) atoms. The number of amides is 1. The summed E-state index contributed by atoms with van der Waals surface area (Å²) >= 11 is 0. The average Bonchev–Trinajstić information content (AvgIpc) is 3.06. The van der Waals surface area contributed by atoms with Crippen LogP contribution in [0, 0.1) is 0 Å². The molecule has 1 saturated carbocycles. The van der Waals surface area contributed by atoms with Crippen LogP contribution in [0.25, 0.3) is 0 Å². The Morgan fingerprint density at radius 3 is 3.29 bits per heavy atom. The molecule has 1 aromatic rings. The van der Waals surface area contributed by atoms with E-state index in [2.05, 4.69) is 20.2 Å². The molecule has 5 nitrogen and oxygen atoms in total. The van der Waals surface area contributed by atoms with Crippen LogP contribution in [0.4, 0.5) is 0 Å². The van der Waals surface area contributed by atoms with E-state index in [1.807, 2.05) is 6.33 Å². The highest BCUT2D eigenvalue weighted by Gasteiger charge is 2.23. The molecule has 0 unspecified atom stereocenters. The van der Waals surface area contributed by atoms with Crippen LogP contribution in [0.2, 0.25) is 0 Å².